The summed E-state index contributed by atoms with van der Waals surface area (Å²) in [6, 6.07) is 57.7. The molecule has 0 heterocycles. The Balaban J connectivity index is 1.17. The Morgan fingerprint density at radius 1 is 0.667 bits per heavy atom. The van der Waals surface area contributed by atoms with Crippen molar-refractivity contribution >= 4 is 16.5 Å². The van der Waals surface area contributed by atoms with E-state index >= 15 is 0 Å². The maximum atomic E-state index is 9.30. The van der Waals surface area contributed by atoms with Crippen molar-refractivity contribution in [3.63, 3.8) is 0 Å². The van der Waals surface area contributed by atoms with Crippen LogP contribution < -0.4 is 11.1 Å². The Morgan fingerprint density at radius 2 is 1.29 bits per heavy atom. The van der Waals surface area contributed by atoms with Crippen molar-refractivity contribution in [3.05, 3.63) is 197 Å². The van der Waals surface area contributed by atoms with Gasteiger partial charge in [0.25, 0.3) is 0 Å². The lowest BCUT2D eigenvalue weighted by molar-refractivity contribution is 0.661. The van der Waals surface area contributed by atoms with Gasteiger partial charge in [0.2, 0.25) is 0 Å². The summed E-state index contributed by atoms with van der Waals surface area (Å²) in [6.07, 6.45) is 2.56. The van der Waals surface area contributed by atoms with Crippen LogP contribution in [0.4, 0.5) is 0 Å². The lowest BCUT2D eigenvalue weighted by Gasteiger charge is -2.22. The van der Waals surface area contributed by atoms with Crippen molar-refractivity contribution in [2.45, 2.75) is 31.8 Å². The summed E-state index contributed by atoms with van der Waals surface area (Å²) in [4.78, 5) is 0. The molecule has 0 spiro atoms. The van der Waals surface area contributed by atoms with Gasteiger partial charge >= 0.3 is 0 Å². The predicted octanol–water partition coefficient (Wildman–Crippen LogP) is 11.2. The molecule has 8 rings (SSSR count). The van der Waals surface area contributed by atoms with Crippen LogP contribution in [0.15, 0.2) is 164 Å². The zero-order chi connectivity index (χ0) is 35.0. The third-order valence-corrected chi connectivity index (χ3v) is 10.4. The number of hydrogen-bond donors (Lipinski definition) is 2. The molecular formula is C48H39N3. The van der Waals surface area contributed by atoms with Crippen LogP contribution in [-0.2, 0) is 11.8 Å². The molecule has 1 atom stereocenters. The zero-order valence-corrected chi connectivity index (χ0v) is 28.9. The molecule has 3 nitrogen and oxygen atoms in total. The Bertz CT molecular complexity index is 2450. The molecular weight excluding hydrogens is 619 g/mol. The van der Waals surface area contributed by atoms with Crippen LogP contribution in [-0.4, -0.2) is 0 Å². The quantitative estimate of drug-likeness (QED) is 0.160. The van der Waals surface area contributed by atoms with Crippen LogP contribution in [0, 0.1) is 11.3 Å². The number of nitrogens with zero attached hydrogens (tertiary/aromatic N) is 1. The highest BCUT2D eigenvalue weighted by Gasteiger charge is 2.37. The lowest BCUT2D eigenvalue weighted by Crippen LogP contribution is -2.27. The lowest BCUT2D eigenvalue weighted by atomic mass is 9.81. The smallest absolute Gasteiger partial charge is 0.101 e. The van der Waals surface area contributed by atoms with Gasteiger partial charge in [0.1, 0.15) is 6.17 Å². The van der Waals surface area contributed by atoms with Gasteiger partial charge in [-0.05, 0) is 103 Å². The molecule has 1 unspecified atom stereocenters. The maximum absolute atomic E-state index is 9.30. The number of nitriles is 1. The first-order valence-corrected chi connectivity index (χ1v) is 17.5. The predicted molar refractivity (Wildman–Crippen MR) is 212 cm³/mol. The van der Waals surface area contributed by atoms with Crippen molar-refractivity contribution in [1.29, 1.82) is 5.26 Å². The van der Waals surface area contributed by atoms with Gasteiger partial charge in [0.15, 0.2) is 0 Å². The summed E-state index contributed by atoms with van der Waals surface area (Å²) in [5.41, 5.74) is 21.7. The molecule has 51 heavy (non-hydrogen) atoms. The number of nitrogens with one attached hydrogen (secondary N) is 1. The largest absolute Gasteiger partial charge is 0.366 e. The van der Waals surface area contributed by atoms with Gasteiger partial charge in [-0.3, -0.25) is 0 Å². The number of rotatable bonds is 8. The molecule has 3 N–H and O–H groups in total. The van der Waals surface area contributed by atoms with Gasteiger partial charge in [0, 0.05) is 11.1 Å². The zero-order valence-electron chi connectivity index (χ0n) is 28.9. The number of nitrogens with two attached hydrogens (primary N) is 1. The van der Waals surface area contributed by atoms with Gasteiger partial charge in [-0.2, -0.15) is 5.26 Å². The molecule has 0 bridgehead atoms. The molecule has 3 heteroatoms. The van der Waals surface area contributed by atoms with E-state index in [2.05, 4.69) is 147 Å². The molecule has 1 aliphatic rings. The van der Waals surface area contributed by atoms with E-state index in [0.29, 0.717) is 12.0 Å². The first-order chi connectivity index (χ1) is 24.9. The van der Waals surface area contributed by atoms with E-state index in [4.69, 9.17) is 5.73 Å². The molecule has 0 radical (unpaired) electrons. The minimum atomic E-state index is -0.378. The second kappa shape index (κ2) is 13.2. The van der Waals surface area contributed by atoms with E-state index in [1.807, 2.05) is 42.5 Å². The SMILES string of the molecule is CC1(C)c2cc3ccccc3cc2-c2c(-c3ccc(/C(=C/Cc4ccccc4-c4ccc(C#N)cc4)NC(N)c4ccccc4)cc3)cccc21. The standard InChI is InChI=1S/C48H39N3/c1-48(2)43-18-10-17-41(46(43)42-29-38-14-6-7-15-39(38)30-44(42)48)35-23-25-36(26-24-35)45(51-47(50)37-12-4-3-5-13-37)28-27-33-11-8-9-16-40(33)34-21-19-32(31-49)20-22-34/h3-26,28-30,47,51H,27,50H2,1-2H3/b45-28-. The minimum absolute atomic E-state index is 0.0912. The van der Waals surface area contributed by atoms with E-state index in [9.17, 15) is 5.26 Å². The molecule has 0 saturated heterocycles. The number of benzene rings is 7. The highest BCUT2D eigenvalue weighted by molar-refractivity contribution is 5.98. The molecule has 0 aliphatic heterocycles. The molecule has 0 saturated carbocycles. The fourth-order valence-electron chi connectivity index (χ4n) is 7.63. The molecule has 0 amide bonds. The van der Waals surface area contributed by atoms with Crippen molar-refractivity contribution in [2.24, 2.45) is 5.73 Å². The Kier molecular flexibility index (Phi) is 8.32. The molecule has 0 fully saturated rings. The van der Waals surface area contributed by atoms with E-state index in [0.717, 1.165) is 28.0 Å². The Morgan fingerprint density at radius 3 is 2.04 bits per heavy atom. The monoisotopic (exact) mass is 657 g/mol. The summed E-state index contributed by atoms with van der Waals surface area (Å²) in [5, 5.41) is 15.5. The minimum Gasteiger partial charge on any atom is -0.366 e. The van der Waals surface area contributed by atoms with Crippen LogP contribution in [0.25, 0.3) is 49.9 Å². The highest BCUT2D eigenvalue weighted by Crippen LogP contribution is 2.53. The molecule has 0 aromatic heterocycles. The van der Waals surface area contributed by atoms with Gasteiger partial charge in [-0.25, -0.2) is 0 Å². The van der Waals surface area contributed by atoms with Gasteiger partial charge in [-0.15, -0.1) is 0 Å². The van der Waals surface area contributed by atoms with Crippen LogP contribution >= 0.6 is 0 Å². The third kappa shape index (κ3) is 6.01. The summed E-state index contributed by atoms with van der Waals surface area (Å²) in [5.74, 6) is 0. The van der Waals surface area contributed by atoms with Gasteiger partial charge in [0.05, 0.1) is 11.6 Å². The fourth-order valence-corrected chi connectivity index (χ4v) is 7.63. The molecule has 7 aromatic carbocycles. The Labute approximate surface area is 300 Å². The summed E-state index contributed by atoms with van der Waals surface area (Å²) in [6.45, 7) is 4.69. The normalized spacial score (nSPS) is 13.6. The fraction of sp³-hybridized carbons (Fsp3) is 0.104. The summed E-state index contributed by atoms with van der Waals surface area (Å²) >= 11 is 0. The van der Waals surface area contributed by atoms with Crippen molar-refractivity contribution in [3.8, 4) is 39.4 Å². The van der Waals surface area contributed by atoms with Crippen LogP contribution in [0.2, 0.25) is 0 Å². The van der Waals surface area contributed by atoms with Gasteiger partial charge in [-0.1, -0.05) is 153 Å². The number of fused-ring (bicyclic) bond motifs is 4. The van der Waals surface area contributed by atoms with E-state index in [-0.39, 0.29) is 11.6 Å². The third-order valence-electron chi connectivity index (χ3n) is 10.4. The van der Waals surface area contributed by atoms with E-state index in [1.165, 1.54) is 49.7 Å². The van der Waals surface area contributed by atoms with Crippen LogP contribution in [0.5, 0.6) is 0 Å². The average molecular weight is 658 g/mol. The maximum Gasteiger partial charge on any atom is 0.101 e. The van der Waals surface area contributed by atoms with E-state index < -0.39 is 0 Å². The number of hydrogen-bond acceptors (Lipinski definition) is 3. The first kappa shape index (κ1) is 32.0. The molecule has 7 aromatic rings. The summed E-state index contributed by atoms with van der Waals surface area (Å²) in [7, 11) is 0. The molecule has 1 aliphatic carbocycles. The summed E-state index contributed by atoms with van der Waals surface area (Å²) < 4.78 is 0. The second-order valence-electron chi connectivity index (χ2n) is 13.9. The Hall–Kier alpha value is -6.21. The number of allylic oxidation sites excluding steroid dienone is 1. The topological polar surface area (TPSA) is 61.8 Å². The second-order valence-corrected chi connectivity index (χ2v) is 13.9. The van der Waals surface area contributed by atoms with Crippen LogP contribution in [0.1, 0.15) is 53.4 Å². The van der Waals surface area contributed by atoms with Gasteiger partial charge < -0.3 is 11.1 Å². The first-order valence-electron chi connectivity index (χ1n) is 17.5. The van der Waals surface area contributed by atoms with E-state index in [1.54, 1.807) is 0 Å². The van der Waals surface area contributed by atoms with Crippen molar-refractivity contribution < 1.29 is 0 Å². The average Bonchev–Trinajstić information content (AvgIpc) is 3.41. The molecule has 246 valence electrons. The van der Waals surface area contributed by atoms with Crippen molar-refractivity contribution in [2.75, 3.05) is 0 Å². The van der Waals surface area contributed by atoms with Crippen LogP contribution in [0.3, 0.4) is 0 Å². The van der Waals surface area contributed by atoms with Crippen molar-refractivity contribution in [1.82, 2.24) is 5.32 Å². The highest BCUT2D eigenvalue weighted by atomic mass is 15.0.